The van der Waals surface area contributed by atoms with E-state index in [-0.39, 0.29) is 5.54 Å². The van der Waals surface area contributed by atoms with Crippen molar-refractivity contribution in [3.8, 4) is 0 Å². The lowest BCUT2D eigenvalue weighted by Crippen LogP contribution is -2.00. The predicted molar refractivity (Wildman–Crippen MR) is 52.4 cm³/mol. The molecule has 12 heavy (non-hydrogen) atoms. The summed E-state index contributed by atoms with van der Waals surface area (Å²) in [6.45, 7) is 0. The monoisotopic (exact) mass is 175 g/mol. The first-order chi connectivity index (χ1) is 5.87. The highest BCUT2D eigenvalue weighted by Crippen LogP contribution is 2.48. The van der Waals surface area contributed by atoms with E-state index >= 15 is 0 Å². The van der Waals surface area contributed by atoms with Gasteiger partial charge in [-0.2, -0.15) is 0 Å². The maximum Gasteiger partial charge on any atom is 0.0961 e. The van der Waals surface area contributed by atoms with Gasteiger partial charge in [-0.3, -0.25) is 0 Å². The molecule has 0 saturated heterocycles. The SMILES string of the molecule is S=C=NC1(c2ccccc2)CC1. The Kier molecular flexibility index (Phi) is 1.80. The molecule has 0 radical (unpaired) electrons. The number of hydrogen-bond acceptors (Lipinski definition) is 2. The van der Waals surface area contributed by atoms with Gasteiger partial charge >= 0.3 is 0 Å². The summed E-state index contributed by atoms with van der Waals surface area (Å²) in [7, 11) is 0. The average molecular weight is 175 g/mol. The molecule has 2 heteroatoms. The van der Waals surface area contributed by atoms with Gasteiger partial charge in [-0.1, -0.05) is 30.3 Å². The van der Waals surface area contributed by atoms with Crippen molar-refractivity contribution in [2.24, 2.45) is 4.99 Å². The van der Waals surface area contributed by atoms with Gasteiger partial charge in [0.15, 0.2) is 0 Å². The van der Waals surface area contributed by atoms with Crippen molar-refractivity contribution in [3.05, 3.63) is 35.9 Å². The van der Waals surface area contributed by atoms with Gasteiger partial charge in [-0.05, 0) is 30.6 Å². The Balaban J connectivity index is 2.37. The van der Waals surface area contributed by atoms with E-state index in [9.17, 15) is 0 Å². The molecule has 0 spiro atoms. The van der Waals surface area contributed by atoms with E-state index in [4.69, 9.17) is 0 Å². The molecule has 0 bridgehead atoms. The Morgan fingerprint density at radius 3 is 2.42 bits per heavy atom. The number of thiocarbonyl (C=S) groups is 1. The molecule has 1 nitrogen and oxygen atoms in total. The van der Waals surface area contributed by atoms with Crippen molar-refractivity contribution in [2.75, 3.05) is 0 Å². The number of benzene rings is 1. The highest BCUT2D eigenvalue weighted by molar-refractivity contribution is 7.78. The lowest BCUT2D eigenvalue weighted by Gasteiger charge is -2.06. The summed E-state index contributed by atoms with van der Waals surface area (Å²) in [6.07, 6.45) is 2.22. The quantitative estimate of drug-likeness (QED) is 0.497. The van der Waals surface area contributed by atoms with E-state index < -0.39 is 0 Å². The number of aliphatic imine (C=N–C) groups is 1. The van der Waals surface area contributed by atoms with Crippen LogP contribution in [0.15, 0.2) is 35.3 Å². The fourth-order valence-corrected chi connectivity index (χ4v) is 1.59. The van der Waals surface area contributed by atoms with Crippen LogP contribution in [0.1, 0.15) is 18.4 Å². The molecule has 0 aromatic heterocycles. The van der Waals surface area contributed by atoms with Crippen molar-refractivity contribution in [1.29, 1.82) is 0 Å². The molecular formula is C10H9NS. The first-order valence-corrected chi connectivity index (χ1v) is 4.43. The smallest absolute Gasteiger partial charge is 0.0961 e. The van der Waals surface area contributed by atoms with Crippen molar-refractivity contribution in [1.82, 2.24) is 0 Å². The molecular weight excluding hydrogens is 166 g/mol. The molecule has 1 aliphatic carbocycles. The summed E-state index contributed by atoms with van der Waals surface area (Å²) in [5, 5.41) is 2.48. The van der Waals surface area contributed by atoms with E-state index in [0.29, 0.717) is 0 Å². The van der Waals surface area contributed by atoms with Gasteiger partial charge in [-0.25, -0.2) is 4.99 Å². The van der Waals surface area contributed by atoms with Crippen LogP contribution in [0, 0.1) is 0 Å². The molecule has 1 aromatic rings. The Labute approximate surface area is 77.1 Å². The molecule has 0 atom stereocenters. The van der Waals surface area contributed by atoms with Crippen molar-refractivity contribution >= 4 is 17.4 Å². The van der Waals surface area contributed by atoms with Crippen molar-refractivity contribution < 1.29 is 0 Å². The van der Waals surface area contributed by atoms with Gasteiger partial charge in [-0.15, -0.1) is 0 Å². The molecule has 0 heterocycles. The lowest BCUT2D eigenvalue weighted by molar-refractivity contribution is 0.750. The number of isothiocyanates is 1. The molecule has 1 fully saturated rings. The van der Waals surface area contributed by atoms with Crippen LogP contribution in [-0.2, 0) is 5.54 Å². The Hall–Kier alpha value is -0.980. The summed E-state index contributed by atoms with van der Waals surface area (Å²) in [5.41, 5.74) is 1.27. The minimum absolute atomic E-state index is 0.00299. The molecule has 0 N–H and O–H groups in total. The first kappa shape index (κ1) is 7.66. The molecule has 0 amide bonds. The Morgan fingerprint density at radius 1 is 1.25 bits per heavy atom. The van der Waals surface area contributed by atoms with Crippen LogP contribution in [-0.4, -0.2) is 5.16 Å². The average Bonchev–Trinajstić information content (AvgIpc) is 2.88. The van der Waals surface area contributed by atoms with Crippen molar-refractivity contribution in [2.45, 2.75) is 18.4 Å². The molecule has 2 rings (SSSR count). The van der Waals surface area contributed by atoms with Crippen LogP contribution in [0.25, 0.3) is 0 Å². The molecule has 1 aromatic carbocycles. The van der Waals surface area contributed by atoms with Crippen LogP contribution < -0.4 is 0 Å². The highest BCUT2D eigenvalue weighted by atomic mass is 32.1. The fraction of sp³-hybridized carbons (Fsp3) is 0.300. The van der Waals surface area contributed by atoms with Gasteiger partial charge < -0.3 is 0 Å². The third-order valence-electron chi connectivity index (χ3n) is 2.29. The maximum absolute atomic E-state index is 4.62. The zero-order valence-corrected chi connectivity index (χ0v) is 7.47. The summed E-state index contributed by atoms with van der Waals surface area (Å²) < 4.78 is 0. The second kappa shape index (κ2) is 2.81. The van der Waals surface area contributed by atoms with Gasteiger partial charge in [0.25, 0.3) is 0 Å². The van der Waals surface area contributed by atoms with Gasteiger partial charge in [0, 0.05) is 0 Å². The second-order valence-electron chi connectivity index (χ2n) is 3.10. The summed E-state index contributed by atoms with van der Waals surface area (Å²) in [5.74, 6) is 0. The standard InChI is InChI=1S/C10H9NS/c12-8-11-10(6-7-10)9-4-2-1-3-5-9/h1-5H,6-7H2. The van der Waals surface area contributed by atoms with Crippen LogP contribution >= 0.6 is 12.2 Å². The van der Waals surface area contributed by atoms with Crippen LogP contribution in [0.5, 0.6) is 0 Å². The van der Waals surface area contributed by atoms with Crippen LogP contribution in [0.4, 0.5) is 0 Å². The number of nitrogens with zero attached hydrogens (tertiary/aromatic N) is 1. The summed E-state index contributed by atoms with van der Waals surface area (Å²) >= 11 is 4.62. The molecule has 0 unspecified atom stereocenters. The van der Waals surface area contributed by atoms with Crippen LogP contribution in [0.3, 0.4) is 0 Å². The van der Waals surface area contributed by atoms with Gasteiger partial charge in [0.05, 0.1) is 10.7 Å². The minimum atomic E-state index is 0.00299. The van der Waals surface area contributed by atoms with E-state index in [1.54, 1.807) is 0 Å². The van der Waals surface area contributed by atoms with Gasteiger partial charge in [0.1, 0.15) is 0 Å². The molecule has 0 aliphatic heterocycles. The van der Waals surface area contributed by atoms with E-state index in [1.165, 1.54) is 5.56 Å². The molecule has 60 valence electrons. The van der Waals surface area contributed by atoms with E-state index in [2.05, 4.69) is 34.5 Å². The van der Waals surface area contributed by atoms with E-state index in [0.717, 1.165) is 12.8 Å². The second-order valence-corrected chi connectivity index (χ2v) is 3.28. The molecule has 1 aliphatic rings. The number of rotatable bonds is 2. The Morgan fingerprint density at radius 2 is 1.92 bits per heavy atom. The largest absolute Gasteiger partial charge is 0.221 e. The third-order valence-corrected chi connectivity index (χ3v) is 2.39. The third kappa shape index (κ3) is 1.20. The zero-order chi connectivity index (χ0) is 8.44. The highest BCUT2D eigenvalue weighted by Gasteiger charge is 2.44. The first-order valence-electron chi connectivity index (χ1n) is 4.02. The van der Waals surface area contributed by atoms with Crippen LogP contribution in [0.2, 0.25) is 0 Å². The lowest BCUT2D eigenvalue weighted by atomic mass is 10.1. The molecule has 1 saturated carbocycles. The minimum Gasteiger partial charge on any atom is -0.221 e. The van der Waals surface area contributed by atoms with Crippen molar-refractivity contribution in [3.63, 3.8) is 0 Å². The Bertz CT molecular complexity index is 321. The van der Waals surface area contributed by atoms with E-state index in [1.807, 2.05) is 18.2 Å². The normalized spacial score (nSPS) is 18.0. The zero-order valence-electron chi connectivity index (χ0n) is 6.66. The van der Waals surface area contributed by atoms with Gasteiger partial charge in [0.2, 0.25) is 0 Å². The topological polar surface area (TPSA) is 12.4 Å². The fourth-order valence-electron chi connectivity index (χ4n) is 1.42. The summed E-state index contributed by atoms with van der Waals surface area (Å²) in [6, 6.07) is 10.3. The maximum atomic E-state index is 4.62. The number of hydrogen-bond donors (Lipinski definition) is 0. The summed E-state index contributed by atoms with van der Waals surface area (Å²) in [4.78, 5) is 4.20. The predicted octanol–water partition coefficient (Wildman–Crippen LogP) is 2.78.